The highest BCUT2D eigenvalue weighted by Crippen LogP contribution is 2.32. The highest BCUT2D eigenvalue weighted by atomic mass is 35.5. The number of benzene rings is 2. The first-order valence-electron chi connectivity index (χ1n) is 7.72. The minimum atomic E-state index is -0.493. The normalized spacial score (nSPS) is 16.8. The molecule has 6 nitrogen and oxygen atoms in total. The number of anilines is 2. The minimum Gasteiger partial charge on any atom is -0.504 e. The van der Waals surface area contributed by atoms with Crippen molar-refractivity contribution in [2.75, 3.05) is 23.9 Å². The van der Waals surface area contributed by atoms with E-state index in [-0.39, 0.29) is 30.5 Å². The van der Waals surface area contributed by atoms with Crippen molar-refractivity contribution in [3.8, 4) is 11.5 Å². The Morgan fingerprint density at radius 2 is 2.08 bits per heavy atom. The fourth-order valence-corrected chi connectivity index (χ4v) is 3.04. The van der Waals surface area contributed by atoms with Gasteiger partial charge in [0.25, 0.3) is 0 Å². The molecule has 0 aliphatic carbocycles. The Morgan fingerprint density at radius 3 is 2.76 bits per heavy atom. The molecule has 0 saturated carbocycles. The molecule has 1 saturated heterocycles. The van der Waals surface area contributed by atoms with Crippen LogP contribution in [-0.2, 0) is 9.59 Å². The number of ether oxygens (including phenoxy) is 1. The van der Waals surface area contributed by atoms with Gasteiger partial charge in [0.1, 0.15) is 0 Å². The third-order valence-corrected chi connectivity index (χ3v) is 4.41. The van der Waals surface area contributed by atoms with Crippen molar-refractivity contribution in [3.63, 3.8) is 0 Å². The smallest absolute Gasteiger partial charge is 0.229 e. The second kappa shape index (κ2) is 7.03. The summed E-state index contributed by atoms with van der Waals surface area (Å²) in [4.78, 5) is 26.2. The van der Waals surface area contributed by atoms with Crippen molar-refractivity contribution >= 4 is 34.8 Å². The number of hydrogen-bond acceptors (Lipinski definition) is 4. The molecular weight excluding hydrogens is 344 g/mol. The predicted octanol–water partition coefficient (Wildman–Crippen LogP) is 3.05. The number of rotatable bonds is 4. The van der Waals surface area contributed by atoms with Crippen LogP contribution in [-0.4, -0.2) is 30.6 Å². The monoisotopic (exact) mass is 360 g/mol. The first kappa shape index (κ1) is 17.1. The molecule has 0 aromatic heterocycles. The van der Waals surface area contributed by atoms with E-state index in [0.29, 0.717) is 22.1 Å². The maximum atomic E-state index is 12.5. The van der Waals surface area contributed by atoms with Crippen molar-refractivity contribution in [3.05, 3.63) is 47.5 Å². The van der Waals surface area contributed by atoms with Crippen molar-refractivity contribution in [1.82, 2.24) is 0 Å². The van der Waals surface area contributed by atoms with Gasteiger partial charge in [0, 0.05) is 24.7 Å². The predicted molar refractivity (Wildman–Crippen MR) is 95.2 cm³/mol. The van der Waals surface area contributed by atoms with E-state index in [1.165, 1.54) is 18.1 Å². The summed E-state index contributed by atoms with van der Waals surface area (Å²) in [7, 11) is 1.45. The zero-order valence-corrected chi connectivity index (χ0v) is 14.3. The lowest BCUT2D eigenvalue weighted by Gasteiger charge is -2.18. The first-order valence-corrected chi connectivity index (χ1v) is 8.10. The van der Waals surface area contributed by atoms with E-state index in [1.807, 2.05) is 0 Å². The van der Waals surface area contributed by atoms with E-state index in [0.717, 1.165) is 0 Å². The summed E-state index contributed by atoms with van der Waals surface area (Å²) in [6.07, 6.45) is 0.110. The molecule has 2 amide bonds. The van der Waals surface area contributed by atoms with E-state index in [2.05, 4.69) is 5.32 Å². The van der Waals surface area contributed by atoms with Crippen LogP contribution in [0.1, 0.15) is 6.42 Å². The topological polar surface area (TPSA) is 78.9 Å². The summed E-state index contributed by atoms with van der Waals surface area (Å²) in [5.74, 6) is -0.675. The second-order valence-electron chi connectivity index (χ2n) is 5.73. The molecule has 1 aliphatic rings. The Labute approximate surface area is 150 Å². The van der Waals surface area contributed by atoms with Crippen LogP contribution >= 0.6 is 11.6 Å². The van der Waals surface area contributed by atoms with E-state index < -0.39 is 5.92 Å². The average Bonchev–Trinajstić information content (AvgIpc) is 2.97. The van der Waals surface area contributed by atoms with Gasteiger partial charge < -0.3 is 20.1 Å². The third kappa shape index (κ3) is 3.53. The molecule has 1 unspecified atom stereocenters. The Hall–Kier alpha value is -2.73. The average molecular weight is 361 g/mol. The molecule has 1 fully saturated rings. The lowest BCUT2D eigenvalue weighted by atomic mass is 10.1. The minimum absolute atomic E-state index is 0.0690. The summed E-state index contributed by atoms with van der Waals surface area (Å²) >= 11 is 6.14. The van der Waals surface area contributed by atoms with Gasteiger partial charge in [-0.2, -0.15) is 0 Å². The number of halogens is 1. The molecule has 7 heteroatoms. The van der Waals surface area contributed by atoms with Crippen LogP contribution in [0.5, 0.6) is 11.5 Å². The Kier molecular flexibility index (Phi) is 4.81. The zero-order chi connectivity index (χ0) is 18.0. The highest BCUT2D eigenvalue weighted by Gasteiger charge is 2.35. The molecule has 2 aromatic rings. The molecule has 2 N–H and O–H groups in total. The van der Waals surface area contributed by atoms with Crippen molar-refractivity contribution < 1.29 is 19.4 Å². The molecule has 2 aromatic carbocycles. The van der Waals surface area contributed by atoms with E-state index in [1.54, 1.807) is 36.4 Å². The number of phenols is 1. The fourth-order valence-electron chi connectivity index (χ4n) is 2.80. The van der Waals surface area contributed by atoms with E-state index >= 15 is 0 Å². The standard InChI is InChI=1S/C18H17ClN2O4/c1-25-16-7-6-12(9-15(16)22)20-18(24)11-8-17(23)21(10-11)14-5-3-2-4-13(14)19/h2-7,9,11,22H,8,10H2,1H3,(H,20,24). The van der Waals surface area contributed by atoms with Crippen LogP contribution in [0.25, 0.3) is 0 Å². The van der Waals surface area contributed by atoms with Gasteiger partial charge >= 0.3 is 0 Å². The van der Waals surface area contributed by atoms with Crippen molar-refractivity contribution in [1.29, 1.82) is 0 Å². The van der Waals surface area contributed by atoms with Gasteiger partial charge in [-0.3, -0.25) is 9.59 Å². The van der Waals surface area contributed by atoms with Gasteiger partial charge in [0.2, 0.25) is 11.8 Å². The van der Waals surface area contributed by atoms with Crippen LogP contribution in [0.3, 0.4) is 0 Å². The van der Waals surface area contributed by atoms with Crippen molar-refractivity contribution in [2.24, 2.45) is 5.92 Å². The first-order chi connectivity index (χ1) is 12.0. The molecule has 130 valence electrons. The van der Waals surface area contributed by atoms with Gasteiger partial charge in [0.15, 0.2) is 11.5 Å². The Balaban J connectivity index is 1.71. The van der Waals surface area contributed by atoms with E-state index in [4.69, 9.17) is 16.3 Å². The molecule has 25 heavy (non-hydrogen) atoms. The number of amides is 2. The van der Waals surface area contributed by atoms with Crippen LogP contribution < -0.4 is 15.0 Å². The maximum absolute atomic E-state index is 12.5. The quantitative estimate of drug-likeness (QED) is 0.878. The summed E-state index contributed by atoms with van der Waals surface area (Å²) < 4.78 is 4.97. The molecule has 3 rings (SSSR count). The van der Waals surface area contributed by atoms with Crippen LogP contribution in [0.2, 0.25) is 5.02 Å². The molecule has 1 heterocycles. The lowest BCUT2D eigenvalue weighted by molar-refractivity contribution is -0.122. The van der Waals surface area contributed by atoms with Gasteiger partial charge in [-0.15, -0.1) is 0 Å². The summed E-state index contributed by atoms with van der Waals surface area (Å²) in [6, 6.07) is 11.6. The molecule has 0 bridgehead atoms. The number of phenolic OH excluding ortho intramolecular Hbond substituents is 1. The molecular formula is C18H17ClN2O4. The zero-order valence-electron chi connectivity index (χ0n) is 13.5. The Bertz CT molecular complexity index is 824. The number of nitrogens with zero attached hydrogens (tertiary/aromatic N) is 1. The van der Waals surface area contributed by atoms with Gasteiger partial charge in [-0.1, -0.05) is 23.7 Å². The fraction of sp³-hybridized carbons (Fsp3) is 0.222. The lowest BCUT2D eigenvalue weighted by Crippen LogP contribution is -2.28. The molecule has 0 spiro atoms. The van der Waals surface area contributed by atoms with Crippen LogP contribution in [0.4, 0.5) is 11.4 Å². The number of hydrogen-bond donors (Lipinski definition) is 2. The summed E-state index contributed by atoms with van der Waals surface area (Å²) in [6.45, 7) is 0.260. The summed E-state index contributed by atoms with van der Waals surface area (Å²) in [5, 5.41) is 13.0. The number of carbonyl (C=O) groups excluding carboxylic acids is 2. The van der Waals surface area contributed by atoms with E-state index in [9.17, 15) is 14.7 Å². The third-order valence-electron chi connectivity index (χ3n) is 4.09. The largest absolute Gasteiger partial charge is 0.504 e. The van der Waals surface area contributed by atoms with Crippen molar-refractivity contribution in [2.45, 2.75) is 6.42 Å². The number of methoxy groups -OCH3 is 1. The van der Waals surface area contributed by atoms with Gasteiger partial charge in [0.05, 0.1) is 23.7 Å². The number of nitrogens with one attached hydrogen (secondary N) is 1. The maximum Gasteiger partial charge on any atom is 0.229 e. The van der Waals surface area contributed by atoms with Crippen LogP contribution in [0.15, 0.2) is 42.5 Å². The Morgan fingerprint density at radius 1 is 1.32 bits per heavy atom. The second-order valence-corrected chi connectivity index (χ2v) is 6.14. The molecule has 0 radical (unpaired) electrons. The number of carbonyl (C=O) groups is 2. The van der Waals surface area contributed by atoms with Gasteiger partial charge in [-0.05, 0) is 24.3 Å². The molecule has 1 atom stereocenters. The number of aromatic hydroxyl groups is 1. The van der Waals surface area contributed by atoms with Gasteiger partial charge in [-0.25, -0.2) is 0 Å². The SMILES string of the molecule is COc1ccc(NC(=O)C2CC(=O)N(c3ccccc3Cl)C2)cc1O. The summed E-state index contributed by atoms with van der Waals surface area (Å²) in [5.41, 5.74) is 1.04. The highest BCUT2D eigenvalue weighted by molar-refractivity contribution is 6.33. The molecule has 1 aliphatic heterocycles. The number of para-hydroxylation sites is 1. The van der Waals surface area contributed by atoms with Crippen LogP contribution in [0, 0.1) is 5.92 Å².